The number of hydrogen-bond donors (Lipinski definition) is 4. The summed E-state index contributed by atoms with van der Waals surface area (Å²) in [6.45, 7) is 5.20. The van der Waals surface area contributed by atoms with Crippen LogP contribution < -0.4 is 30.7 Å². The zero-order valence-electron chi connectivity index (χ0n) is 34.7. The molecule has 2 atom stereocenters. The number of hydrogen-bond acceptors (Lipinski definition) is 8. The summed E-state index contributed by atoms with van der Waals surface area (Å²) in [6, 6.07) is 22.3. The van der Waals surface area contributed by atoms with Gasteiger partial charge in [0.1, 0.15) is 11.4 Å². The number of aromatic nitrogens is 2. The molecule has 0 bridgehead atoms. The average Bonchev–Trinajstić information content (AvgIpc) is 3.79. The van der Waals surface area contributed by atoms with Crippen LogP contribution in [0.1, 0.15) is 83.7 Å². The highest BCUT2D eigenvalue weighted by Crippen LogP contribution is 2.38. The number of carbonyl (C=O) groups excluding carboxylic acids is 4. The summed E-state index contributed by atoms with van der Waals surface area (Å²) in [4.78, 5) is 59.1. The molecule has 60 heavy (non-hydrogen) atoms. The van der Waals surface area contributed by atoms with Crippen LogP contribution >= 0.6 is 0 Å². The molecule has 3 aromatic carbocycles. The summed E-state index contributed by atoms with van der Waals surface area (Å²) >= 11 is 0. The summed E-state index contributed by atoms with van der Waals surface area (Å²) in [5.74, 6) is 0.0570. The number of benzene rings is 3. The molecule has 0 radical (unpaired) electrons. The molecule has 14 heteroatoms. The highest BCUT2D eigenvalue weighted by Gasteiger charge is 2.31. The number of aliphatic imine (C=N–C) groups is 1. The van der Waals surface area contributed by atoms with Crippen LogP contribution in [0.2, 0.25) is 0 Å². The van der Waals surface area contributed by atoms with Crippen LogP contribution in [0.4, 0.5) is 28.4 Å². The number of amides is 4. The maximum atomic E-state index is 13.3. The Bertz CT molecular complexity index is 2400. The molecule has 1 saturated heterocycles. The summed E-state index contributed by atoms with van der Waals surface area (Å²) in [5, 5.41) is 12.2. The predicted octanol–water partition coefficient (Wildman–Crippen LogP) is 8.26. The lowest BCUT2D eigenvalue weighted by Crippen LogP contribution is -2.43. The van der Waals surface area contributed by atoms with Crippen LogP contribution in [-0.2, 0) is 18.9 Å². The molecule has 4 N–H and O–H groups in total. The molecule has 4 amide bonds. The van der Waals surface area contributed by atoms with Crippen LogP contribution in [0.3, 0.4) is 0 Å². The molecular formula is C46H52N8O6. The smallest absolute Gasteiger partial charge is 0.272 e. The molecule has 7 rings (SSSR count). The normalized spacial score (nSPS) is 15.0. The Morgan fingerprint density at radius 1 is 0.800 bits per heavy atom. The number of ether oxygens (including phenoxy) is 2. The van der Waals surface area contributed by atoms with E-state index >= 15 is 0 Å². The molecule has 2 aliphatic heterocycles. The molecule has 312 valence electrons. The highest BCUT2D eigenvalue weighted by atomic mass is 16.5. The van der Waals surface area contributed by atoms with Gasteiger partial charge in [-0.15, -0.1) is 0 Å². The number of methoxy groups -OCH3 is 1. The van der Waals surface area contributed by atoms with Crippen LogP contribution in [0, 0.1) is 0 Å². The van der Waals surface area contributed by atoms with Crippen molar-refractivity contribution in [1.82, 2.24) is 14.0 Å². The number of rotatable bonds is 15. The molecular weight excluding hydrogens is 761 g/mol. The zero-order valence-corrected chi connectivity index (χ0v) is 34.7. The van der Waals surface area contributed by atoms with Gasteiger partial charge in [-0.3, -0.25) is 24.2 Å². The lowest BCUT2D eigenvalue weighted by Gasteiger charge is -2.32. The van der Waals surface area contributed by atoms with Crippen molar-refractivity contribution in [3.05, 3.63) is 102 Å². The molecule has 2 aromatic heterocycles. The number of fused-ring (bicyclic) bond motifs is 2. The molecule has 5 aromatic rings. The van der Waals surface area contributed by atoms with Gasteiger partial charge in [0.05, 0.1) is 36.7 Å². The molecule has 0 spiro atoms. The Labute approximate surface area is 350 Å². The fourth-order valence-electron chi connectivity index (χ4n) is 7.40. The topological polar surface area (TPSA) is 160 Å². The van der Waals surface area contributed by atoms with Crippen molar-refractivity contribution in [2.24, 2.45) is 19.1 Å². The Balaban J connectivity index is 0.888. The quantitative estimate of drug-likeness (QED) is 0.0775. The van der Waals surface area contributed by atoms with Crippen molar-refractivity contribution in [3.8, 4) is 22.6 Å². The molecule has 4 heterocycles. The summed E-state index contributed by atoms with van der Waals surface area (Å²) in [7, 11) is 5.10. The van der Waals surface area contributed by atoms with Crippen LogP contribution in [0.5, 0.6) is 11.5 Å². The molecule has 2 unspecified atom stereocenters. The van der Waals surface area contributed by atoms with Gasteiger partial charge >= 0.3 is 0 Å². The highest BCUT2D eigenvalue weighted by molar-refractivity contribution is 6.06. The maximum Gasteiger partial charge on any atom is 0.272 e. The number of nitrogens with one attached hydrogen (secondary N) is 4. The fourth-order valence-corrected chi connectivity index (χ4v) is 7.40. The number of aryl methyl sites for hydroxylation is 2. The first-order valence-electron chi connectivity index (χ1n) is 20.4. The van der Waals surface area contributed by atoms with E-state index in [2.05, 4.69) is 40.1 Å². The summed E-state index contributed by atoms with van der Waals surface area (Å²) in [5.41, 5.74) is 6.45. The molecule has 0 saturated carbocycles. The van der Waals surface area contributed by atoms with E-state index in [1.165, 1.54) is 7.11 Å². The van der Waals surface area contributed by atoms with Crippen molar-refractivity contribution in [1.29, 1.82) is 0 Å². The van der Waals surface area contributed by atoms with Gasteiger partial charge in [0.15, 0.2) is 11.5 Å². The van der Waals surface area contributed by atoms with Crippen LogP contribution in [0.25, 0.3) is 11.1 Å². The first kappa shape index (κ1) is 41.3. The second-order valence-corrected chi connectivity index (χ2v) is 15.3. The van der Waals surface area contributed by atoms with Gasteiger partial charge in [-0.1, -0.05) is 19.1 Å². The van der Waals surface area contributed by atoms with Gasteiger partial charge in [0.25, 0.3) is 17.7 Å². The van der Waals surface area contributed by atoms with Crippen molar-refractivity contribution in [2.75, 3.05) is 41.5 Å². The lowest BCUT2D eigenvalue weighted by atomic mass is 10.0. The van der Waals surface area contributed by atoms with Crippen molar-refractivity contribution >= 4 is 58.3 Å². The van der Waals surface area contributed by atoms with Crippen LogP contribution in [-0.4, -0.2) is 76.2 Å². The predicted molar refractivity (Wildman–Crippen MR) is 235 cm³/mol. The average molecular weight is 813 g/mol. The SMILES string of the molecule is CCC(C)Nc1ccc(NC(=O)c2cc(-c3ccc(NC(=O)c4cc(NC(=O)CCCOc5cc6c(cc5OC)C(=O)N5CCCCC5C=N6)cn4C)cc3)cn2C)cc1. The Morgan fingerprint density at radius 2 is 1.47 bits per heavy atom. The maximum absolute atomic E-state index is 13.3. The van der Waals surface area contributed by atoms with E-state index in [9.17, 15) is 19.2 Å². The Kier molecular flexibility index (Phi) is 12.7. The van der Waals surface area contributed by atoms with E-state index in [0.29, 0.717) is 70.2 Å². The zero-order chi connectivity index (χ0) is 42.3. The Morgan fingerprint density at radius 3 is 2.17 bits per heavy atom. The van der Waals surface area contributed by atoms with Gasteiger partial charge < -0.3 is 44.8 Å². The molecule has 1 fully saturated rings. The van der Waals surface area contributed by atoms with Crippen molar-refractivity contribution in [2.45, 2.75) is 64.5 Å². The lowest BCUT2D eigenvalue weighted by molar-refractivity contribution is -0.116. The summed E-state index contributed by atoms with van der Waals surface area (Å²) < 4.78 is 15.0. The van der Waals surface area contributed by atoms with E-state index in [0.717, 1.165) is 42.5 Å². The number of piperidine rings is 1. The molecule has 2 aliphatic rings. The second kappa shape index (κ2) is 18.4. The van der Waals surface area contributed by atoms with Gasteiger partial charge in [0, 0.05) is 80.4 Å². The van der Waals surface area contributed by atoms with Gasteiger partial charge in [-0.25, -0.2) is 0 Å². The number of anilines is 4. The fraction of sp³-hybridized carbons (Fsp3) is 0.326. The minimum atomic E-state index is -0.335. The number of carbonyl (C=O) groups is 4. The third-order valence-corrected chi connectivity index (χ3v) is 10.9. The first-order chi connectivity index (χ1) is 29.0. The van der Waals surface area contributed by atoms with E-state index in [1.807, 2.05) is 66.8 Å². The van der Waals surface area contributed by atoms with Gasteiger partial charge in [-0.2, -0.15) is 0 Å². The van der Waals surface area contributed by atoms with Crippen molar-refractivity contribution in [3.63, 3.8) is 0 Å². The minimum Gasteiger partial charge on any atom is -0.493 e. The molecule has 0 aliphatic carbocycles. The monoisotopic (exact) mass is 812 g/mol. The van der Waals surface area contributed by atoms with Crippen LogP contribution in [0.15, 0.2) is 90.2 Å². The third kappa shape index (κ3) is 9.54. The van der Waals surface area contributed by atoms with E-state index in [-0.39, 0.29) is 42.7 Å². The third-order valence-electron chi connectivity index (χ3n) is 10.9. The number of nitrogens with zero attached hydrogens (tertiary/aromatic N) is 4. The first-order valence-corrected chi connectivity index (χ1v) is 20.4. The largest absolute Gasteiger partial charge is 0.493 e. The van der Waals surface area contributed by atoms with E-state index in [1.54, 1.807) is 52.7 Å². The second-order valence-electron chi connectivity index (χ2n) is 15.3. The Hall–Kier alpha value is -6.83. The van der Waals surface area contributed by atoms with Gasteiger partial charge in [0.2, 0.25) is 5.91 Å². The van der Waals surface area contributed by atoms with E-state index < -0.39 is 0 Å². The standard InChI is InChI=1S/C46H52N8O6/c1-6-29(2)48-32-16-18-34(19-17-32)51-44(56)39-22-31(27-52(39)3)30-12-14-33(15-13-30)50-45(57)40-23-35(28-53(40)4)49-43(55)11-9-21-60-42-25-38-37(24-41(42)59-5)46(58)54-20-8-7-10-36(54)26-47-38/h12-19,22-29,36,48H,6-11,20-21H2,1-5H3,(H,49,55)(H,50,57)(H,51,56). The van der Waals surface area contributed by atoms with Crippen molar-refractivity contribution < 1.29 is 28.7 Å². The van der Waals surface area contributed by atoms with Gasteiger partial charge in [-0.05, 0) is 99.2 Å². The van der Waals surface area contributed by atoms with E-state index in [4.69, 9.17) is 9.47 Å². The minimum absolute atomic E-state index is 0.00732. The molecule has 14 nitrogen and oxygen atoms in total. The summed E-state index contributed by atoms with van der Waals surface area (Å²) in [6.07, 6.45) is 9.98.